The van der Waals surface area contributed by atoms with Crippen molar-refractivity contribution in [3.8, 4) is 0 Å². The molecule has 1 aromatic rings. The van der Waals surface area contributed by atoms with Crippen LogP contribution in [0, 0.1) is 23.7 Å². The summed E-state index contributed by atoms with van der Waals surface area (Å²) >= 11 is 0. The van der Waals surface area contributed by atoms with E-state index in [2.05, 4.69) is 28.8 Å². The summed E-state index contributed by atoms with van der Waals surface area (Å²) in [6.45, 7) is 2.18. The lowest BCUT2D eigenvalue weighted by Crippen LogP contribution is -2.22. The van der Waals surface area contributed by atoms with E-state index in [1.54, 1.807) is 6.42 Å². The first-order chi connectivity index (χ1) is 9.42. The number of hydrogen-bond acceptors (Lipinski definition) is 2. The highest BCUT2D eigenvalue weighted by atomic mass is 15.0. The van der Waals surface area contributed by atoms with Gasteiger partial charge in [-0.05, 0) is 60.5 Å². The molecule has 0 aromatic heterocycles. The summed E-state index contributed by atoms with van der Waals surface area (Å²) in [6, 6.07) is 7.63. The molecule has 2 bridgehead atoms. The first-order valence-corrected chi connectivity index (χ1v) is 8.00. The maximum absolute atomic E-state index is 3.87. The molecule has 2 nitrogen and oxygen atoms in total. The third-order valence-electron chi connectivity index (χ3n) is 6.20. The van der Waals surface area contributed by atoms with Crippen LogP contribution in [-0.2, 0) is 13.0 Å². The van der Waals surface area contributed by atoms with E-state index in [0.29, 0.717) is 0 Å². The molecular formula is C17H22N2. The van der Waals surface area contributed by atoms with Gasteiger partial charge in [-0.2, -0.15) is 0 Å². The highest BCUT2D eigenvalue weighted by Gasteiger charge is 2.64. The first kappa shape index (κ1) is 10.7. The Morgan fingerprint density at radius 1 is 1.16 bits per heavy atom. The molecule has 3 aliphatic carbocycles. The van der Waals surface area contributed by atoms with Crippen molar-refractivity contribution in [3.63, 3.8) is 0 Å². The zero-order chi connectivity index (χ0) is 12.4. The van der Waals surface area contributed by atoms with Crippen molar-refractivity contribution >= 4 is 5.69 Å². The fraction of sp³-hybridized carbons (Fsp3) is 0.647. The molecule has 4 unspecified atom stereocenters. The molecular weight excluding hydrogens is 232 g/mol. The lowest BCUT2D eigenvalue weighted by atomic mass is 10.0. The van der Waals surface area contributed by atoms with E-state index in [0.717, 1.165) is 42.8 Å². The molecule has 0 amide bonds. The third-order valence-corrected chi connectivity index (χ3v) is 6.20. The van der Waals surface area contributed by atoms with Crippen molar-refractivity contribution in [2.45, 2.75) is 38.3 Å². The number of hydrogen-bond donors (Lipinski definition) is 2. The predicted molar refractivity (Wildman–Crippen MR) is 77.1 cm³/mol. The second-order valence-corrected chi connectivity index (χ2v) is 7.02. The second-order valence-electron chi connectivity index (χ2n) is 7.02. The molecule has 0 spiro atoms. The van der Waals surface area contributed by atoms with Crippen molar-refractivity contribution < 1.29 is 0 Å². The van der Waals surface area contributed by atoms with Crippen LogP contribution in [0.1, 0.15) is 30.4 Å². The van der Waals surface area contributed by atoms with Gasteiger partial charge in [0.15, 0.2) is 0 Å². The molecule has 5 rings (SSSR count). The zero-order valence-electron chi connectivity index (χ0n) is 11.4. The number of para-hydroxylation sites is 1. The normalized spacial score (nSPS) is 40.9. The van der Waals surface area contributed by atoms with Crippen LogP contribution in [0.2, 0.25) is 0 Å². The van der Waals surface area contributed by atoms with Crippen molar-refractivity contribution in [1.29, 1.82) is 0 Å². The number of benzene rings is 1. The standard InChI is InChI=1S/C17H22N2/c1-2-10-6-7-18-16(10)13(3-1)9-19-17-14-11-4-5-12(8-11)15(14)17/h1-3,11-12,14-15,17-19H,4-9H2. The van der Waals surface area contributed by atoms with Gasteiger partial charge >= 0.3 is 0 Å². The summed E-state index contributed by atoms with van der Waals surface area (Å²) in [6.07, 6.45) is 5.79. The number of rotatable bonds is 3. The van der Waals surface area contributed by atoms with Gasteiger partial charge in [0, 0.05) is 24.8 Å². The molecule has 19 heavy (non-hydrogen) atoms. The van der Waals surface area contributed by atoms with Crippen LogP contribution in [0.15, 0.2) is 18.2 Å². The van der Waals surface area contributed by atoms with Crippen LogP contribution in [0.3, 0.4) is 0 Å². The molecule has 4 aliphatic rings. The van der Waals surface area contributed by atoms with Gasteiger partial charge < -0.3 is 10.6 Å². The van der Waals surface area contributed by atoms with E-state index in [1.165, 1.54) is 36.1 Å². The third kappa shape index (κ3) is 1.47. The molecule has 0 radical (unpaired) electrons. The fourth-order valence-corrected chi connectivity index (χ4v) is 5.38. The molecule has 100 valence electrons. The van der Waals surface area contributed by atoms with Crippen LogP contribution in [0.5, 0.6) is 0 Å². The zero-order valence-corrected chi connectivity index (χ0v) is 11.4. The Balaban J connectivity index is 1.29. The van der Waals surface area contributed by atoms with Gasteiger partial charge in [-0.15, -0.1) is 0 Å². The molecule has 4 atom stereocenters. The lowest BCUT2D eigenvalue weighted by molar-refractivity contribution is 0.456. The Morgan fingerprint density at radius 2 is 2.00 bits per heavy atom. The molecule has 1 aromatic carbocycles. The number of anilines is 1. The average molecular weight is 254 g/mol. The summed E-state index contributed by atoms with van der Waals surface area (Å²) in [4.78, 5) is 0. The fourth-order valence-electron chi connectivity index (χ4n) is 5.38. The van der Waals surface area contributed by atoms with Crippen molar-refractivity contribution in [3.05, 3.63) is 29.3 Å². The van der Waals surface area contributed by atoms with Gasteiger partial charge in [0.1, 0.15) is 0 Å². The van der Waals surface area contributed by atoms with E-state index in [-0.39, 0.29) is 0 Å². The Hall–Kier alpha value is -1.02. The Labute approximate surface area is 115 Å². The van der Waals surface area contributed by atoms with Gasteiger partial charge in [-0.3, -0.25) is 0 Å². The molecule has 2 heteroatoms. The van der Waals surface area contributed by atoms with Crippen LogP contribution in [-0.4, -0.2) is 12.6 Å². The van der Waals surface area contributed by atoms with E-state index in [4.69, 9.17) is 0 Å². The summed E-state index contributed by atoms with van der Waals surface area (Å²) in [7, 11) is 0. The molecule has 2 N–H and O–H groups in total. The van der Waals surface area contributed by atoms with Crippen LogP contribution < -0.4 is 10.6 Å². The summed E-state index contributed by atoms with van der Waals surface area (Å²) in [5.74, 6) is 4.24. The minimum atomic E-state index is 0.850. The van der Waals surface area contributed by atoms with E-state index in [9.17, 15) is 0 Å². The molecule has 1 heterocycles. The predicted octanol–water partition coefficient (Wildman–Crippen LogP) is 2.79. The van der Waals surface area contributed by atoms with Crippen LogP contribution in [0.4, 0.5) is 5.69 Å². The van der Waals surface area contributed by atoms with Crippen LogP contribution >= 0.6 is 0 Å². The van der Waals surface area contributed by atoms with Crippen LogP contribution in [0.25, 0.3) is 0 Å². The maximum Gasteiger partial charge on any atom is 0.0419 e. The quantitative estimate of drug-likeness (QED) is 0.866. The van der Waals surface area contributed by atoms with Gasteiger partial charge in [-0.25, -0.2) is 0 Å². The van der Waals surface area contributed by atoms with Crippen molar-refractivity contribution in [1.82, 2.24) is 5.32 Å². The minimum Gasteiger partial charge on any atom is -0.384 e. The SMILES string of the molecule is c1cc2c(c(CNC3C4C5CCC(C5)C34)c1)NCC2. The molecule has 3 fully saturated rings. The van der Waals surface area contributed by atoms with E-state index < -0.39 is 0 Å². The monoisotopic (exact) mass is 254 g/mol. The van der Waals surface area contributed by atoms with Crippen molar-refractivity contribution in [2.75, 3.05) is 11.9 Å². The van der Waals surface area contributed by atoms with Gasteiger partial charge in [0.25, 0.3) is 0 Å². The summed E-state index contributed by atoms with van der Waals surface area (Å²) in [5, 5.41) is 7.42. The second kappa shape index (κ2) is 3.76. The summed E-state index contributed by atoms with van der Waals surface area (Å²) in [5.41, 5.74) is 4.41. The van der Waals surface area contributed by atoms with Gasteiger partial charge in [0.2, 0.25) is 0 Å². The highest BCUT2D eigenvalue weighted by Crippen LogP contribution is 2.65. The Morgan fingerprint density at radius 3 is 2.84 bits per heavy atom. The highest BCUT2D eigenvalue weighted by molar-refractivity contribution is 5.61. The number of nitrogens with one attached hydrogen (secondary N) is 2. The topological polar surface area (TPSA) is 24.1 Å². The Kier molecular flexibility index (Phi) is 2.12. The number of fused-ring (bicyclic) bond motifs is 6. The molecule has 3 saturated carbocycles. The first-order valence-electron chi connectivity index (χ1n) is 8.00. The van der Waals surface area contributed by atoms with E-state index in [1.807, 2.05) is 0 Å². The Bertz CT molecular complexity index is 508. The molecule has 1 aliphatic heterocycles. The largest absolute Gasteiger partial charge is 0.384 e. The minimum absolute atomic E-state index is 0.850. The average Bonchev–Trinajstić information content (AvgIpc) is 2.86. The van der Waals surface area contributed by atoms with Crippen molar-refractivity contribution in [2.24, 2.45) is 23.7 Å². The van der Waals surface area contributed by atoms with Gasteiger partial charge in [-0.1, -0.05) is 18.2 Å². The van der Waals surface area contributed by atoms with E-state index >= 15 is 0 Å². The van der Waals surface area contributed by atoms with Gasteiger partial charge in [0.05, 0.1) is 0 Å². The summed E-state index contributed by atoms with van der Waals surface area (Å²) < 4.78 is 0. The smallest absolute Gasteiger partial charge is 0.0419 e. The lowest BCUT2D eigenvalue weighted by Gasteiger charge is -2.13. The maximum atomic E-state index is 3.87. The molecule has 0 saturated heterocycles.